The molecule has 1 N–H and O–H groups in total. The number of nitrogens with one attached hydrogen (secondary N) is 1. The lowest BCUT2D eigenvalue weighted by atomic mass is 9.84. The average Bonchev–Trinajstić information content (AvgIpc) is 4.34. The SMILES string of the molecule is CC1C=C(C(C)(C)C)C=C(n2c3ccc(-c4cccc5c6ccccc6n(-c6ccccc6)c45)cc3c3ccc(Oc4cccc(-n5[c-][n+](-c6c(-c7ccccc7)cccc6-c6ccccc6)c6ccccc65)c4)cc32)N1. The molecule has 0 spiro atoms. The molecule has 0 radical (unpaired) electrons. The lowest BCUT2D eigenvalue weighted by molar-refractivity contribution is -0.571. The largest absolute Gasteiger partial charge is 0.458 e. The highest BCUT2D eigenvalue weighted by Gasteiger charge is 2.26. The predicted molar refractivity (Wildman–Crippen MR) is 318 cm³/mol. The topological polar surface area (TPSA) is 39.9 Å². The van der Waals surface area contributed by atoms with Crippen molar-refractivity contribution in [3.05, 3.63) is 261 Å². The average molecular weight is 994 g/mol. The number of aromatic nitrogens is 4. The number of hydrogen-bond donors (Lipinski definition) is 1. The van der Waals surface area contributed by atoms with Crippen molar-refractivity contribution in [2.75, 3.05) is 0 Å². The summed E-state index contributed by atoms with van der Waals surface area (Å²) in [5.41, 5.74) is 17.9. The van der Waals surface area contributed by atoms with Gasteiger partial charge in [-0.05, 0) is 112 Å². The van der Waals surface area contributed by atoms with Gasteiger partial charge in [0, 0.05) is 44.9 Å². The second kappa shape index (κ2) is 18.3. The Labute approximate surface area is 448 Å². The van der Waals surface area contributed by atoms with Crippen molar-refractivity contribution >= 4 is 60.5 Å². The van der Waals surface area contributed by atoms with Gasteiger partial charge in [0.05, 0.1) is 44.5 Å². The van der Waals surface area contributed by atoms with Crippen LogP contribution in [0, 0.1) is 11.7 Å². The molecule has 4 heterocycles. The van der Waals surface area contributed by atoms with Gasteiger partial charge in [-0.25, -0.2) is 0 Å². The number of benzene rings is 10. The van der Waals surface area contributed by atoms with E-state index in [-0.39, 0.29) is 11.5 Å². The molecule has 370 valence electrons. The number of hydrogen-bond acceptors (Lipinski definition) is 2. The molecule has 0 fully saturated rings. The lowest BCUT2D eigenvalue weighted by Gasteiger charge is -2.29. The molecule has 0 saturated carbocycles. The van der Waals surface area contributed by atoms with Gasteiger partial charge in [-0.2, -0.15) is 0 Å². The molecule has 10 aromatic carbocycles. The van der Waals surface area contributed by atoms with Crippen LogP contribution >= 0.6 is 0 Å². The molecule has 0 aliphatic carbocycles. The second-order valence-electron chi connectivity index (χ2n) is 21.3. The Bertz CT molecular complexity index is 4430. The van der Waals surface area contributed by atoms with Gasteiger partial charge >= 0.3 is 0 Å². The third kappa shape index (κ3) is 7.91. The van der Waals surface area contributed by atoms with Gasteiger partial charge in [0.25, 0.3) is 6.33 Å². The third-order valence-corrected chi connectivity index (χ3v) is 15.3. The number of para-hydroxylation sites is 6. The summed E-state index contributed by atoms with van der Waals surface area (Å²) in [6, 6.07) is 84.6. The summed E-state index contributed by atoms with van der Waals surface area (Å²) in [5, 5.41) is 8.64. The van der Waals surface area contributed by atoms with Crippen LogP contribution in [0.1, 0.15) is 27.7 Å². The van der Waals surface area contributed by atoms with Crippen molar-refractivity contribution in [2.24, 2.45) is 5.41 Å². The molecule has 0 amide bonds. The first-order chi connectivity index (χ1) is 37.7. The summed E-state index contributed by atoms with van der Waals surface area (Å²) in [4.78, 5) is 0. The summed E-state index contributed by atoms with van der Waals surface area (Å²) in [6.45, 7) is 9.10. The van der Waals surface area contributed by atoms with E-state index < -0.39 is 0 Å². The van der Waals surface area contributed by atoms with Crippen molar-refractivity contribution in [1.82, 2.24) is 19.0 Å². The molecule has 6 heteroatoms. The van der Waals surface area contributed by atoms with Crippen LogP contribution in [0.4, 0.5) is 0 Å². The van der Waals surface area contributed by atoms with Crippen LogP contribution < -0.4 is 14.6 Å². The number of nitrogens with zero attached hydrogens (tertiary/aromatic N) is 4. The van der Waals surface area contributed by atoms with E-state index >= 15 is 0 Å². The minimum Gasteiger partial charge on any atom is -0.458 e. The molecular formula is C71H55N5O. The molecule has 1 unspecified atom stereocenters. The highest BCUT2D eigenvalue weighted by atomic mass is 16.5. The lowest BCUT2D eigenvalue weighted by Crippen LogP contribution is -2.31. The van der Waals surface area contributed by atoms with Crippen LogP contribution in [0.15, 0.2) is 254 Å². The highest BCUT2D eigenvalue weighted by Crippen LogP contribution is 2.43. The Hall–Kier alpha value is -9.65. The van der Waals surface area contributed by atoms with Crippen molar-refractivity contribution in [1.29, 1.82) is 0 Å². The van der Waals surface area contributed by atoms with Crippen molar-refractivity contribution in [3.8, 4) is 61.9 Å². The van der Waals surface area contributed by atoms with E-state index in [1.54, 1.807) is 0 Å². The van der Waals surface area contributed by atoms with E-state index in [4.69, 9.17) is 4.74 Å². The standard InChI is InChI=1S/C71H55N5O/c1-47-41-51(71(2,3)4)43-68(72-47)76-64-40-37-50(58-32-20-33-61-59-29-14-15-34-63(59)75(70(58)61)52-25-12-7-13-26-52)42-62(64)60-39-38-55(45-67(60)76)77-54-28-18-27-53(44-54)73-46-74(66-36-17-16-35-65(66)73)69-56(48-21-8-5-9-22-48)30-19-31-57(69)49-23-10-6-11-24-49/h5-45,47,72H,1-4H3. The number of ether oxygens (including phenoxy) is 1. The molecule has 13 aromatic rings. The summed E-state index contributed by atoms with van der Waals surface area (Å²) >= 11 is 0. The summed E-state index contributed by atoms with van der Waals surface area (Å²) in [5.74, 6) is 2.51. The zero-order valence-electron chi connectivity index (χ0n) is 43.4. The second-order valence-corrected chi connectivity index (χ2v) is 21.3. The zero-order valence-corrected chi connectivity index (χ0v) is 43.4. The minimum absolute atomic E-state index is 0.0417. The Morgan fingerprint density at radius 2 is 1.06 bits per heavy atom. The summed E-state index contributed by atoms with van der Waals surface area (Å²) in [6.07, 6.45) is 8.51. The van der Waals surface area contributed by atoms with Crippen LogP contribution in [0.2, 0.25) is 0 Å². The number of dihydropyridines is 1. The van der Waals surface area contributed by atoms with Crippen molar-refractivity contribution in [3.63, 3.8) is 0 Å². The molecular weight excluding hydrogens is 939 g/mol. The van der Waals surface area contributed by atoms with E-state index in [0.29, 0.717) is 0 Å². The van der Waals surface area contributed by atoms with Gasteiger partial charge in [-0.15, -0.1) is 0 Å². The minimum atomic E-state index is -0.0417. The fourth-order valence-electron chi connectivity index (χ4n) is 11.7. The van der Waals surface area contributed by atoms with E-state index in [2.05, 4.69) is 300 Å². The molecule has 1 atom stereocenters. The molecule has 14 rings (SSSR count). The van der Waals surface area contributed by atoms with Crippen LogP contribution in [-0.2, 0) is 0 Å². The van der Waals surface area contributed by atoms with Gasteiger partial charge in [-0.1, -0.05) is 197 Å². The van der Waals surface area contributed by atoms with E-state index in [9.17, 15) is 0 Å². The first-order valence-corrected chi connectivity index (χ1v) is 26.6. The molecule has 1 aliphatic rings. The van der Waals surface area contributed by atoms with Gasteiger partial charge in [-0.3, -0.25) is 13.7 Å². The Balaban J connectivity index is 0.902. The van der Waals surface area contributed by atoms with Crippen LogP contribution in [0.5, 0.6) is 11.5 Å². The third-order valence-electron chi connectivity index (χ3n) is 15.3. The Kier molecular flexibility index (Phi) is 10.9. The molecule has 3 aromatic heterocycles. The summed E-state index contributed by atoms with van der Waals surface area (Å²) < 4.78 is 16.2. The van der Waals surface area contributed by atoms with E-state index in [1.165, 1.54) is 38.3 Å². The number of imidazole rings is 1. The first-order valence-electron chi connectivity index (χ1n) is 26.6. The molecule has 0 bridgehead atoms. The fourth-order valence-corrected chi connectivity index (χ4v) is 11.7. The highest BCUT2D eigenvalue weighted by molar-refractivity contribution is 6.16. The first kappa shape index (κ1) is 45.9. The van der Waals surface area contributed by atoms with Gasteiger partial charge < -0.3 is 14.6 Å². The fraction of sp³-hybridized carbons (Fsp3) is 0.0845. The van der Waals surface area contributed by atoms with E-state index in [0.717, 1.165) is 89.7 Å². The van der Waals surface area contributed by atoms with Crippen LogP contribution in [0.3, 0.4) is 0 Å². The maximum absolute atomic E-state index is 6.96. The van der Waals surface area contributed by atoms with Crippen molar-refractivity contribution < 1.29 is 9.30 Å². The Morgan fingerprint density at radius 1 is 0.468 bits per heavy atom. The summed E-state index contributed by atoms with van der Waals surface area (Å²) in [7, 11) is 0. The molecule has 0 saturated heterocycles. The molecule has 6 nitrogen and oxygen atoms in total. The predicted octanol–water partition coefficient (Wildman–Crippen LogP) is 17.5. The smallest absolute Gasteiger partial charge is 0.269 e. The normalized spacial score (nSPS) is 13.8. The van der Waals surface area contributed by atoms with Gasteiger partial charge in [0.15, 0.2) is 0 Å². The van der Waals surface area contributed by atoms with Gasteiger partial charge in [0.2, 0.25) is 0 Å². The van der Waals surface area contributed by atoms with Crippen molar-refractivity contribution in [2.45, 2.75) is 33.7 Å². The van der Waals surface area contributed by atoms with Crippen LogP contribution in [0.25, 0.3) is 111 Å². The maximum atomic E-state index is 6.96. The van der Waals surface area contributed by atoms with E-state index in [1.807, 2.05) is 6.07 Å². The Morgan fingerprint density at radius 3 is 1.82 bits per heavy atom. The molecule has 77 heavy (non-hydrogen) atoms. The number of allylic oxidation sites excluding steroid dienone is 2. The quantitative estimate of drug-likeness (QED) is 0.116. The number of rotatable bonds is 9. The monoisotopic (exact) mass is 993 g/mol. The van der Waals surface area contributed by atoms with Crippen LogP contribution in [-0.4, -0.2) is 19.7 Å². The number of fused-ring (bicyclic) bond motifs is 7. The maximum Gasteiger partial charge on any atom is 0.269 e. The zero-order chi connectivity index (χ0) is 51.8. The molecule has 1 aliphatic heterocycles. The van der Waals surface area contributed by atoms with Gasteiger partial charge in [0.1, 0.15) is 17.3 Å².